The van der Waals surface area contributed by atoms with Gasteiger partial charge in [-0.15, -0.1) is 10.2 Å². The highest BCUT2D eigenvalue weighted by molar-refractivity contribution is 5.97. The summed E-state index contributed by atoms with van der Waals surface area (Å²) in [6, 6.07) is 6.16. The highest BCUT2D eigenvalue weighted by Gasteiger charge is 2.22. The van der Waals surface area contributed by atoms with Gasteiger partial charge in [-0.05, 0) is 34.1 Å². The van der Waals surface area contributed by atoms with E-state index in [1.54, 1.807) is 6.33 Å². The van der Waals surface area contributed by atoms with Crippen molar-refractivity contribution in [2.24, 2.45) is 0 Å². The third-order valence-electron chi connectivity index (χ3n) is 4.60. The van der Waals surface area contributed by atoms with E-state index < -0.39 is 0 Å². The minimum Gasteiger partial charge on any atom is -0.310 e. The molecule has 0 atom stereocenters. The van der Waals surface area contributed by atoms with Crippen molar-refractivity contribution < 1.29 is 4.79 Å². The second-order valence-corrected chi connectivity index (χ2v) is 8.97. The molecule has 0 bridgehead atoms. The molecule has 0 fully saturated rings. The average Bonchev–Trinajstić information content (AvgIpc) is 3.16. The highest BCUT2D eigenvalue weighted by Crippen LogP contribution is 2.27. The quantitative estimate of drug-likeness (QED) is 0.656. The first kappa shape index (κ1) is 19.0. The van der Waals surface area contributed by atoms with Gasteiger partial charge in [-0.3, -0.25) is 9.20 Å². The molecule has 4 rings (SSSR count). The number of carbonyl (C=O) groups excluding carboxylic acids is 1. The smallest absolute Gasteiger partial charge is 0.230 e. The third kappa shape index (κ3) is 4.32. The largest absolute Gasteiger partial charge is 0.310 e. The molecule has 0 saturated carbocycles. The normalized spacial score (nSPS) is 13.8. The van der Waals surface area contributed by atoms with Crippen molar-refractivity contribution in [2.45, 2.75) is 58.8 Å². The second-order valence-electron chi connectivity index (χ2n) is 8.97. The van der Waals surface area contributed by atoms with Crippen molar-refractivity contribution in [1.29, 1.82) is 0 Å². The molecule has 4 heterocycles. The molecule has 1 aliphatic rings. The zero-order valence-electron chi connectivity index (χ0n) is 16.9. The number of aromatic nitrogens is 4. The number of pyridine rings is 2. The summed E-state index contributed by atoms with van der Waals surface area (Å²) in [5, 5.41) is 10.5. The molecule has 1 aliphatic heterocycles. The van der Waals surface area contributed by atoms with Crippen LogP contribution in [0.1, 0.15) is 58.2 Å². The number of hydrogen-bond acceptors (Lipinski definition) is 4. The van der Waals surface area contributed by atoms with E-state index in [0.717, 1.165) is 17.0 Å². The number of nitrogens with zero attached hydrogens (tertiary/aromatic N) is 4. The van der Waals surface area contributed by atoms with Gasteiger partial charge in [0, 0.05) is 18.0 Å². The first-order chi connectivity index (χ1) is 12.5. The summed E-state index contributed by atoms with van der Waals surface area (Å²) in [5.41, 5.74) is 4.65. The molecule has 0 spiro atoms. The predicted octanol–water partition coefficient (Wildman–Crippen LogP) is 3.90. The summed E-state index contributed by atoms with van der Waals surface area (Å²) in [6.45, 7) is 13.0. The zero-order valence-corrected chi connectivity index (χ0v) is 16.9. The molecule has 3 aromatic rings. The van der Waals surface area contributed by atoms with Gasteiger partial charge in [0.25, 0.3) is 0 Å². The summed E-state index contributed by atoms with van der Waals surface area (Å²) in [4.78, 5) is 15.4. The topological polar surface area (TPSA) is 72.2 Å². The van der Waals surface area contributed by atoms with Gasteiger partial charge in [-0.25, -0.2) is 4.98 Å². The lowest BCUT2D eigenvalue weighted by atomic mass is 9.87. The Morgan fingerprint density at radius 3 is 2.41 bits per heavy atom. The Bertz CT molecular complexity index is 976. The van der Waals surface area contributed by atoms with Gasteiger partial charge in [0.2, 0.25) is 5.91 Å². The number of hydrogen-bond donors (Lipinski definition) is 1. The average molecular weight is 365 g/mol. The lowest BCUT2D eigenvalue weighted by molar-refractivity contribution is -0.115. The maximum absolute atomic E-state index is 11.1. The monoisotopic (exact) mass is 365 g/mol. The van der Waals surface area contributed by atoms with Crippen LogP contribution in [0, 0.1) is 0 Å². The van der Waals surface area contributed by atoms with Crippen LogP contribution in [-0.2, 0) is 22.0 Å². The first-order valence-electron chi connectivity index (χ1n) is 9.13. The molecule has 1 N–H and O–H groups in total. The van der Waals surface area contributed by atoms with E-state index in [-0.39, 0.29) is 16.7 Å². The van der Waals surface area contributed by atoms with Crippen LogP contribution in [-0.4, -0.2) is 25.5 Å². The van der Waals surface area contributed by atoms with E-state index >= 15 is 0 Å². The fourth-order valence-corrected chi connectivity index (χ4v) is 2.79. The van der Waals surface area contributed by atoms with E-state index in [9.17, 15) is 4.79 Å². The minimum atomic E-state index is 0.0403. The number of carbonyl (C=O) groups is 1. The van der Waals surface area contributed by atoms with Crippen molar-refractivity contribution in [3.63, 3.8) is 0 Å². The summed E-state index contributed by atoms with van der Waals surface area (Å²) in [5.74, 6) is 0.765. The Morgan fingerprint density at radius 1 is 1.04 bits per heavy atom. The van der Waals surface area contributed by atoms with Crippen molar-refractivity contribution >= 4 is 17.4 Å². The maximum atomic E-state index is 11.1. The van der Waals surface area contributed by atoms with Crippen LogP contribution in [0.2, 0.25) is 0 Å². The molecule has 0 radical (unpaired) electrons. The molecule has 6 nitrogen and oxygen atoms in total. The van der Waals surface area contributed by atoms with Gasteiger partial charge in [0.05, 0.1) is 6.42 Å². The summed E-state index contributed by atoms with van der Waals surface area (Å²) >= 11 is 0. The molecular formula is C21H27N5O. The molecule has 1 amide bonds. The SMILES string of the molecule is CC(C)(C)c1ccc2nncn2c1.CC(C)(C)c1cnc2c(c1)CC(=O)N2. The van der Waals surface area contributed by atoms with Crippen molar-refractivity contribution in [3.05, 3.63) is 53.6 Å². The van der Waals surface area contributed by atoms with Crippen molar-refractivity contribution in [2.75, 3.05) is 5.32 Å². The van der Waals surface area contributed by atoms with Gasteiger partial charge in [0.1, 0.15) is 12.1 Å². The third-order valence-corrected chi connectivity index (χ3v) is 4.60. The number of fused-ring (bicyclic) bond motifs is 2. The van der Waals surface area contributed by atoms with E-state index in [2.05, 4.69) is 80.4 Å². The Balaban J connectivity index is 0.000000156. The maximum Gasteiger partial charge on any atom is 0.230 e. The van der Waals surface area contributed by atoms with Gasteiger partial charge in [0.15, 0.2) is 5.65 Å². The lowest BCUT2D eigenvalue weighted by Gasteiger charge is -2.18. The van der Waals surface area contributed by atoms with Gasteiger partial charge in [-0.2, -0.15) is 0 Å². The van der Waals surface area contributed by atoms with Crippen molar-refractivity contribution in [1.82, 2.24) is 19.6 Å². The lowest BCUT2D eigenvalue weighted by Crippen LogP contribution is -2.11. The number of rotatable bonds is 0. The molecule has 3 aromatic heterocycles. The Morgan fingerprint density at radius 2 is 1.74 bits per heavy atom. The minimum absolute atomic E-state index is 0.0403. The Kier molecular flexibility index (Phi) is 4.76. The predicted molar refractivity (Wildman–Crippen MR) is 107 cm³/mol. The summed E-state index contributed by atoms with van der Waals surface area (Å²) in [6.07, 6.45) is 6.11. The molecule has 142 valence electrons. The van der Waals surface area contributed by atoms with E-state index in [1.807, 2.05) is 16.7 Å². The van der Waals surface area contributed by atoms with Crippen LogP contribution in [0.3, 0.4) is 0 Å². The second kappa shape index (κ2) is 6.76. The number of nitrogens with one attached hydrogen (secondary N) is 1. The van der Waals surface area contributed by atoms with Crippen molar-refractivity contribution in [3.8, 4) is 0 Å². The van der Waals surface area contributed by atoms with E-state index in [0.29, 0.717) is 6.42 Å². The number of amides is 1. The highest BCUT2D eigenvalue weighted by atomic mass is 16.1. The molecule has 0 saturated heterocycles. The fraction of sp³-hybridized carbons (Fsp3) is 0.429. The molecule has 0 aromatic carbocycles. The fourth-order valence-electron chi connectivity index (χ4n) is 2.79. The van der Waals surface area contributed by atoms with Gasteiger partial charge in [-0.1, -0.05) is 47.6 Å². The Labute approximate surface area is 160 Å². The van der Waals surface area contributed by atoms with Crippen LogP contribution >= 0.6 is 0 Å². The van der Waals surface area contributed by atoms with Crippen LogP contribution < -0.4 is 5.32 Å². The molecule has 27 heavy (non-hydrogen) atoms. The van der Waals surface area contributed by atoms with Crippen LogP contribution in [0.5, 0.6) is 0 Å². The molecule has 6 heteroatoms. The summed E-state index contributed by atoms with van der Waals surface area (Å²) < 4.78 is 1.95. The van der Waals surface area contributed by atoms with Gasteiger partial charge < -0.3 is 5.32 Å². The van der Waals surface area contributed by atoms with Gasteiger partial charge >= 0.3 is 0 Å². The van der Waals surface area contributed by atoms with Crippen LogP contribution in [0.4, 0.5) is 5.82 Å². The molecular weight excluding hydrogens is 338 g/mol. The zero-order chi connectivity index (χ0) is 19.8. The Hall–Kier alpha value is -2.76. The number of anilines is 1. The van der Waals surface area contributed by atoms with Crippen LogP contribution in [0.25, 0.3) is 5.65 Å². The summed E-state index contributed by atoms with van der Waals surface area (Å²) in [7, 11) is 0. The molecule has 0 unspecified atom stereocenters. The van der Waals surface area contributed by atoms with E-state index in [4.69, 9.17) is 0 Å². The molecule has 0 aliphatic carbocycles. The van der Waals surface area contributed by atoms with E-state index in [1.165, 1.54) is 11.1 Å². The first-order valence-corrected chi connectivity index (χ1v) is 9.13. The standard InChI is InChI=1S/C11H14N2O.C10H13N3/c1-11(2,3)8-4-7-5-9(14)13-10(7)12-6-8;1-10(2,3)8-4-5-9-12-11-7-13(9)6-8/h4,6H,5H2,1-3H3,(H,12,13,14);4-7H,1-3H3. The van der Waals surface area contributed by atoms with Crippen LogP contribution in [0.15, 0.2) is 36.9 Å².